The van der Waals surface area contributed by atoms with Crippen LogP contribution < -0.4 is 0 Å². The molecule has 0 bridgehead atoms. The Hall–Kier alpha value is -0.380. The molecule has 7 heteroatoms. The van der Waals surface area contributed by atoms with Crippen molar-refractivity contribution in [3.63, 3.8) is 0 Å². The Labute approximate surface area is 48.3 Å². The van der Waals surface area contributed by atoms with Gasteiger partial charge in [0, 0.05) is 0 Å². The number of halogens is 4. The summed E-state index contributed by atoms with van der Waals surface area (Å²) in [7, 11) is -8.02. The second kappa shape index (κ2) is 1.80. The Balaban J connectivity index is 4.05. The van der Waals surface area contributed by atoms with Gasteiger partial charge < -0.3 is 0 Å². The van der Waals surface area contributed by atoms with Crippen molar-refractivity contribution >= 4 is 14.0 Å². The topological polar surface area (TPSA) is 26.3 Å². The molecule has 0 radical (unpaired) electrons. The molecule has 0 saturated carbocycles. The van der Waals surface area contributed by atoms with Crippen molar-refractivity contribution < 1.29 is 26.1 Å². The molecule has 0 N–H and O–H groups in total. The molecule has 0 aliphatic heterocycles. The molecule has 0 unspecified atom stereocenters. The molecular formula is C2H3F4O2P. The molecule has 0 aromatic heterocycles. The second-order valence-corrected chi connectivity index (χ2v) is 2.74. The quantitative estimate of drug-likeness (QED) is 0.442. The van der Waals surface area contributed by atoms with Crippen LogP contribution in [-0.4, -0.2) is 5.97 Å². The molecule has 0 saturated heterocycles. The number of carbonyl (C=O) groups excluding carboxylic acids is 1. The van der Waals surface area contributed by atoms with Crippen molar-refractivity contribution in [1.82, 2.24) is 0 Å². The van der Waals surface area contributed by atoms with Gasteiger partial charge in [-0.2, -0.15) is 0 Å². The first-order valence-corrected chi connectivity index (χ1v) is 3.48. The standard InChI is InChI=1S/C2H3F4O2P/c1-2(7)8-9(3,4,5)6/h1H3. The Kier molecular flexibility index (Phi) is 1.72. The number of rotatable bonds is 1. The molecule has 0 aromatic rings. The summed E-state index contributed by atoms with van der Waals surface area (Å²) in [6.07, 6.45) is 0. The van der Waals surface area contributed by atoms with Crippen LogP contribution in [-0.2, 0) is 9.32 Å². The van der Waals surface area contributed by atoms with Crippen molar-refractivity contribution in [3.05, 3.63) is 0 Å². The summed E-state index contributed by atoms with van der Waals surface area (Å²) in [6.45, 7) is 0.486. The summed E-state index contributed by atoms with van der Waals surface area (Å²) in [5.74, 6) is -1.68. The van der Waals surface area contributed by atoms with Crippen LogP contribution >= 0.6 is 8.07 Å². The Morgan fingerprint density at radius 1 is 1.33 bits per heavy atom. The van der Waals surface area contributed by atoms with Gasteiger partial charge in [0.25, 0.3) is 0 Å². The maximum absolute atomic E-state index is 11.0. The zero-order valence-corrected chi connectivity index (χ0v) is 5.17. The molecule has 0 aliphatic carbocycles. The summed E-state index contributed by atoms with van der Waals surface area (Å²) in [4.78, 5) is 9.52. The first-order valence-electron chi connectivity index (χ1n) is 1.77. The first kappa shape index (κ1) is 8.62. The fourth-order valence-corrected chi connectivity index (χ4v) is 0.583. The van der Waals surface area contributed by atoms with Gasteiger partial charge in [-0.15, -0.1) is 0 Å². The fraction of sp³-hybridized carbons (Fsp3) is 0.500. The summed E-state index contributed by atoms with van der Waals surface area (Å²) in [6, 6.07) is 0. The van der Waals surface area contributed by atoms with Gasteiger partial charge in [-0.3, -0.25) is 0 Å². The van der Waals surface area contributed by atoms with Gasteiger partial charge in [0.1, 0.15) is 0 Å². The van der Waals surface area contributed by atoms with E-state index in [-0.39, 0.29) is 0 Å². The Bertz CT molecular complexity index is 128. The number of hydrogen-bond donors (Lipinski definition) is 0. The van der Waals surface area contributed by atoms with Crippen LogP contribution in [0.3, 0.4) is 0 Å². The molecule has 9 heavy (non-hydrogen) atoms. The molecule has 0 aliphatic rings. The zero-order chi connectivity index (χ0) is 7.73. The van der Waals surface area contributed by atoms with Crippen molar-refractivity contribution in [2.45, 2.75) is 6.92 Å². The van der Waals surface area contributed by atoms with Gasteiger partial charge in [-0.1, -0.05) is 0 Å². The molecule has 0 heterocycles. The summed E-state index contributed by atoms with van der Waals surface area (Å²) >= 11 is 0. The Morgan fingerprint density at radius 3 is 1.67 bits per heavy atom. The minimum atomic E-state index is -8.02. The van der Waals surface area contributed by atoms with Gasteiger partial charge in [0.05, 0.1) is 0 Å². The third-order valence-electron chi connectivity index (χ3n) is 0.267. The van der Waals surface area contributed by atoms with Crippen LogP contribution in [0.5, 0.6) is 0 Å². The van der Waals surface area contributed by atoms with E-state index >= 15 is 0 Å². The molecule has 0 spiro atoms. The van der Waals surface area contributed by atoms with Gasteiger partial charge in [-0.05, 0) is 0 Å². The Morgan fingerprint density at radius 2 is 1.67 bits per heavy atom. The van der Waals surface area contributed by atoms with Crippen molar-refractivity contribution in [2.75, 3.05) is 0 Å². The van der Waals surface area contributed by atoms with E-state index in [0.717, 1.165) is 0 Å². The summed E-state index contributed by atoms with van der Waals surface area (Å²) < 4.78 is 46.5. The van der Waals surface area contributed by atoms with Gasteiger partial charge in [0.2, 0.25) is 0 Å². The summed E-state index contributed by atoms with van der Waals surface area (Å²) in [5, 5.41) is 0. The molecule has 2 nitrogen and oxygen atoms in total. The molecule has 0 fully saturated rings. The van der Waals surface area contributed by atoms with E-state index in [1.807, 2.05) is 0 Å². The minimum absolute atomic E-state index is 0.486. The fourth-order valence-electron chi connectivity index (χ4n) is 0.194. The van der Waals surface area contributed by atoms with E-state index < -0.39 is 14.0 Å². The van der Waals surface area contributed by atoms with Crippen LogP contribution in [0.2, 0.25) is 0 Å². The predicted molar refractivity (Wildman–Crippen MR) is 23.1 cm³/mol. The molecule has 0 rings (SSSR count). The van der Waals surface area contributed by atoms with Crippen LogP contribution in [0.4, 0.5) is 16.8 Å². The molecule has 0 atom stereocenters. The molecule has 0 aromatic carbocycles. The SMILES string of the molecule is CC(=O)OP(F)(F)(F)F. The summed E-state index contributed by atoms with van der Waals surface area (Å²) in [5.41, 5.74) is 0. The molecule has 56 valence electrons. The number of carbonyl (C=O) groups is 1. The van der Waals surface area contributed by atoms with Gasteiger partial charge in [0.15, 0.2) is 0 Å². The van der Waals surface area contributed by atoms with Crippen LogP contribution in [0, 0.1) is 0 Å². The van der Waals surface area contributed by atoms with Crippen molar-refractivity contribution in [2.24, 2.45) is 0 Å². The van der Waals surface area contributed by atoms with Crippen molar-refractivity contribution in [1.29, 1.82) is 0 Å². The van der Waals surface area contributed by atoms with Crippen LogP contribution in [0.15, 0.2) is 0 Å². The predicted octanol–water partition coefficient (Wildman–Crippen LogP) is 2.56. The number of hydrogen-bond acceptors (Lipinski definition) is 2. The van der Waals surface area contributed by atoms with Gasteiger partial charge >= 0.3 is 47.1 Å². The molecular weight excluding hydrogens is 163 g/mol. The normalized spacial score (nSPS) is 15.9. The van der Waals surface area contributed by atoms with E-state index in [1.54, 1.807) is 0 Å². The van der Waals surface area contributed by atoms with Crippen LogP contribution in [0.25, 0.3) is 0 Å². The maximum atomic E-state index is 11.0. The average Bonchev–Trinajstić information content (AvgIpc) is 1.16. The zero-order valence-electron chi connectivity index (χ0n) is 4.28. The molecule has 0 amide bonds. The van der Waals surface area contributed by atoms with E-state index in [0.29, 0.717) is 6.92 Å². The third kappa shape index (κ3) is 7.62. The monoisotopic (exact) mass is 166 g/mol. The second-order valence-electron chi connectivity index (χ2n) is 1.24. The van der Waals surface area contributed by atoms with E-state index in [9.17, 15) is 21.6 Å². The van der Waals surface area contributed by atoms with E-state index in [4.69, 9.17) is 0 Å². The first-order chi connectivity index (χ1) is 3.67. The van der Waals surface area contributed by atoms with E-state index in [1.165, 1.54) is 0 Å². The average molecular weight is 166 g/mol. The van der Waals surface area contributed by atoms with Crippen LogP contribution in [0.1, 0.15) is 6.92 Å². The van der Waals surface area contributed by atoms with E-state index in [2.05, 4.69) is 4.52 Å². The van der Waals surface area contributed by atoms with Crippen molar-refractivity contribution in [3.8, 4) is 0 Å². The van der Waals surface area contributed by atoms with Gasteiger partial charge in [-0.25, -0.2) is 0 Å². The third-order valence-corrected chi connectivity index (χ3v) is 0.800.